The lowest BCUT2D eigenvalue weighted by atomic mass is 10.2. The standard InChI is InChI=1S/C11H6Cl2OS/c12-8-3-7(4-9(13)5-8)11-2-1-10(6-14)15-11/h1-6H. The number of hydrogen-bond acceptors (Lipinski definition) is 2. The first kappa shape index (κ1) is 10.7. The van der Waals surface area contributed by atoms with E-state index < -0.39 is 0 Å². The Hall–Kier alpha value is -0.830. The molecule has 0 unspecified atom stereocenters. The van der Waals surface area contributed by atoms with E-state index in [4.69, 9.17) is 23.2 Å². The van der Waals surface area contributed by atoms with Crippen molar-refractivity contribution in [2.45, 2.75) is 0 Å². The number of halogens is 2. The molecule has 15 heavy (non-hydrogen) atoms. The van der Waals surface area contributed by atoms with Crippen LogP contribution in [0.3, 0.4) is 0 Å². The Morgan fingerprint density at radius 2 is 1.73 bits per heavy atom. The monoisotopic (exact) mass is 256 g/mol. The molecule has 1 aromatic heterocycles. The third-order valence-corrected chi connectivity index (χ3v) is 3.39. The summed E-state index contributed by atoms with van der Waals surface area (Å²) in [7, 11) is 0. The van der Waals surface area contributed by atoms with Gasteiger partial charge in [0.05, 0.1) is 4.88 Å². The van der Waals surface area contributed by atoms with Crippen molar-refractivity contribution in [3.63, 3.8) is 0 Å². The third-order valence-electron chi connectivity index (χ3n) is 1.89. The normalized spacial score (nSPS) is 10.3. The van der Waals surface area contributed by atoms with Crippen molar-refractivity contribution in [3.05, 3.63) is 45.3 Å². The van der Waals surface area contributed by atoms with Crippen molar-refractivity contribution >= 4 is 40.8 Å². The fraction of sp³-hybridized carbons (Fsp3) is 0. The minimum Gasteiger partial charge on any atom is -0.297 e. The molecule has 1 nitrogen and oxygen atoms in total. The van der Waals surface area contributed by atoms with E-state index in [9.17, 15) is 4.79 Å². The zero-order valence-corrected chi connectivity index (χ0v) is 9.86. The van der Waals surface area contributed by atoms with Gasteiger partial charge in [-0.15, -0.1) is 11.3 Å². The molecule has 1 heterocycles. The molecule has 0 saturated heterocycles. The maximum absolute atomic E-state index is 10.5. The summed E-state index contributed by atoms with van der Waals surface area (Å²) in [6, 6.07) is 9.00. The van der Waals surface area contributed by atoms with E-state index in [1.54, 1.807) is 12.1 Å². The van der Waals surface area contributed by atoms with Crippen molar-refractivity contribution in [1.29, 1.82) is 0 Å². The minimum absolute atomic E-state index is 0.596. The Morgan fingerprint density at radius 1 is 1.07 bits per heavy atom. The molecule has 0 atom stereocenters. The van der Waals surface area contributed by atoms with E-state index in [2.05, 4.69) is 0 Å². The number of hydrogen-bond donors (Lipinski definition) is 0. The number of aldehydes is 1. The Morgan fingerprint density at radius 3 is 2.27 bits per heavy atom. The topological polar surface area (TPSA) is 17.1 Å². The van der Waals surface area contributed by atoms with Crippen molar-refractivity contribution < 1.29 is 4.79 Å². The van der Waals surface area contributed by atoms with Gasteiger partial charge in [-0.1, -0.05) is 23.2 Å². The first-order valence-corrected chi connectivity index (χ1v) is 5.78. The fourth-order valence-electron chi connectivity index (χ4n) is 1.27. The van der Waals surface area contributed by atoms with Crippen LogP contribution in [0.1, 0.15) is 9.67 Å². The maximum atomic E-state index is 10.5. The molecule has 0 aliphatic rings. The predicted molar refractivity (Wildman–Crippen MR) is 65.2 cm³/mol. The van der Waals surface area contributed by atoms with E-state index in [-0.39, 0.29) is 0 Å². The average molecular weight is 257 g/mol. The minimum atomic E-state index is 0.596. The summed E-state index contributed by atoms with van der Waals surface area (Å²) in [6.45, 7) is 0. The number of thiophene rings is 1. The summed E-state index contributed by atoms with van der Waals surface area (Å²) in [4.78, 5) is 12.2. The fourth-order valence-corrected chi connectivity index (χ4v) is 2.60. The Labute approximate surface area is 101 Å². The molecular weight excluding hydrogens is 251 g/mol. The van der Waals surface area contributed by atoms with Gasteiger partial charge >= 0.3 is 0 Å². The first-order chi connectivity index (χ1) is 7.19. The SMILES string of the molecule is O=Cc1ccc(-c2cc(Cl)cc(Cl)c2)s1. The van der Waals surface area contributed by atoms with Crippen molar-refractivity contribution in [1.82, 2.24) is 0 Å². The van der Waals surface area contributed by atoms with Crippen LogP contribution >= 0.6 is 34.5 Å². The molecule has 0 saturated carbocycles. The lowest BCUT2D eigenvalue weighted by molar-refractivity contribution is 0.112. The van der Waals surface area contributed by atoms with E-state index in [0.717, 1.165) is 16.7 Å². The molecule has 0 aliphatic heterocycles. The van der Waals surface area contributed by atoms with Crippen molar-refractivity contribution in [2.24, 2.45) is 0 Å². The molecule has 0 fully saturated rings. The van der Waals surface area contributed by atoms with Gasteiger partial charge < -0.3 is 0 Å². The Balaban J connectivity index is 2.48. The molecule has 2 rings (SSSR count). The zero-order chi connectivity index (χ0) is 10.8. The molecule has 0 amide bonds. The van der Waals surface area contributed by atoms with Gasteiger partial charge in [-0.3, -0.25) is 4.79 Å². The van der Waals surface area contributed by atoms with Crippen LogP contribution in [0.25, 0.3) is 10.4 Å². The van der Waals surface area contributed by atoms with Crippen LogP contribution < -0.4 is 0 Å². The summed E-state index contributed by atoms with van der Waals surface area (Å²) in [5.41, 5.74) is 0.936. The van der Waals surface area contributed by atoms with Crippen LogP contribution in [0.4, 0.5) is 0 Å². The summed E-state index contributed by atoms with van der Waals surface area (Å²) in [5, 5.41) is 1.19. The van der Waals surface area contributed by atoms with Gasteiger partial charge in [0.1, 0.15) is 0 Å². The van der Waals surface area contributed by atoms with Crippen LogP contribution in [-0.2, 0) is 0 Å². The summed E-state index contributed by atoms with van der Waals surface area (Å²) in [5.74, 6) is 0. The van der Waals surface area contributed by atoms with Gasteiger partial charge in [-0.25, -0.2) is 0 Å². The zero-order valence-electron chi connectivity index (χ0n) is 7.54. The smallest absolute Gasteiger partial charge is 0.160 e. The summed E-state index contributed by atoms with van der Waals surface area (Å²) in [6.07, 6.45) is 0.834. The highest BCUT2D eigenvalue weighted by Crippen LogP contribution is 2.31. The molecule has 1 aromatic carbocycles. The summed E-state index contributed by atoms with van der Waals surface area (Å²) >= 11 is 13.2. The molecular formula is C11H6Cl2OS. The van der Waals surface area contributed by atoms with E-state index >= 15 is 0 Å². The van der Waals surface area contributed by atoms with Crippen LogP contribution in [-0.4, -0.2) is 6.29 Å². The number of carbonyl (C=O) groups is 1. The van der Waals surface area contributed by atoms with Crippen LogP contribution in [0, 0.1) is 0 Å². The van der Waals surface area contributed by atoms with E-state index in [0.29, 0.717) is 14.9 Å². The molecule has 0 spiro atoms. The predicted octanol–water partition coefficient (Wildman–Crippen LogP) is 4.53. The van der Waals surface area contributed by atoms with Gasteiger partial charge in [0, 0.05) is 14.9 Å². The molecule has 4 heteroatoms. The molecule has 0 N–H and O–H groups in total. The van der Waals surface area contributed by atoms with Crippen LogP contribution in [0.15, 0.2) is 30.3 Å². The lowest BCUT2D eigenvalue weighted by Crippen LogP contribution is -1.73. The molecule has 2 aromatic rings. The molecule has 76 valence electrons. The van der Waals surface area contributed by atoms with Gasteiger partial charge in [0.2, 0.25) is 0 Å². The highest BCUT2D eigenvalue weighted by molar-refractivity contribution is 7.17. The van der Waals surface area contributed by atoms with E-state index in [1.807, 2.05) is 18.2 Å². The molecule has 0 bridgehead atoms. The quantitative estimate of drug-likeness (QED) is 0.722. The van der Waals surface area contributed by atoms with E-state index in [1.165, 1.54) is 11.3 Å². The Bertz CT molecular complexity index is 485. The summed E-state index contributed by atoms with van der Waals surface area (Å²) < 4.78 is 0. The van der Waals surface area contributed by atoms with Crippen LogP contribution in [0.2, 0.25) is 10.0 Å². The van der Waals surface area contributed by atoms with Crippen molar-refractivity contribution in [2.75, 3.05) is 0 Å². The third kappa shape index (κ3) is 2.40. The number of rotatable bonds is 2. The second-order valence-electron chi connectivity index (χ2n) is 2.98. The average Bonchev–Trinajstić information content (AvgIpc) is 2.64. The maximum Gasteiger partial charge on any atom is 0.160 e. The first-order valence-electron chi connectivity index (χ1n) is 4.20. The van der Waals surface area contributed by atoms with Crippen molar-refractivity contribution in [3.8, 4) is 10.4 Å². The number of carbonyl (C=O) groups excluding carboxylic acids is 1. The highest BCUT2D eigenvalue weighted by Gasteiger charge is 2.04. The van der Waals surface area contributed by atoms with Gasteiger partial charge in [-0.2, -0.15) is 0 Å². The largest absolute Gasteiger partial charge is 0.297 e. The second-order valence-corrected chi connectivity index (χ2v) is 4.97. The highest BCUT2D eigenvalue weighted by atomic mass is 35.5. The van der Waals surface area contributed by atoms with Gasteiger partial charge in [0.15, 0.2) is 6.29 Å². The Kier molecular flexibility index (Phi) is 3.10. The molecule has 0 aliphatic carbocycles. The van der Waals surface area contributed by atoms with Gasteiger partial charge in [0.25, 0.3) is 0 Å². The second kappa shape index (κ2) is 4.35. The number of benzene rings is 1. The van der Waals surface area contributed by atoms with Gasteiger partial charge in [-0.05, 0) is 35.9 Å². The molecule has 0 radical (unpaired) electrons. The lowest BCUT2D eigenvalue weighted by Gasteiger charge is -1.99. The van der Waals surface area contributed by atoms with Crippen LogP contribution in [0.5, 0.6) is 0 Å².